The second-order valence-electron chi connectivity index (χ2n) is 2.69. The quantitative estimate of drug-likeness (QED) is 0.595. The SMILES string of the molecule is CNC(=O)c1c(OC)cccc1[N+](=O)[O-]. The monoisotopic (exact) mass is 210 g/mol. The van der Waals surface area contributed by atoms with Gasteiger partial charge in [0.05, 0.1) is 12.0 Å². The van der Waals surface area contributed by atoms with E-state index in [-0.39, 0.29) is 17.0 Å². The van der Waals surface area contributed by atoms with Gasteiger partial charge in [-0.15, -0.1) is 0 Å². The van der Waals surface area contributed by atoms with Gasteiger partial charge in [-0.1, -0.05) is 6.07 Å². The van der Waals surface area contributed by atoms with Crippen LogP contribution in [0.5, 0.6) is 5.75 Å². The molecule has 0 atom stereocenters. The summed E-state index contributed by atoms with van der Waals surface area (Å²) >= 11 is 0. The highest BCUT2D eigenvalue weighted by molar-refractivity contribution is 6.00. The Hall–Kier alpha value is -2.11. The molecule has 1 aromatic carbocycles. The largest absolute Gasteiger partial charge is 0.496 e. The number of carbonyl (C=O) groups excluding carboxylic acids is 1. The number of hydrogen-bond acceptors (Lipinski definition) is 4. The van der Waals surface area contributed by atoms with Crippen molar-refractivity contribution in [2.45, 2.75) is 0 Å². The van der Waals surface area contributed by atoms with Crippen LogP contribution in [0.4, 0.5) is 5.69 Å². The van der Waals surface area contributed by atoms with Gasteiger partial charge in [0.2, 0.25) is 0 Å². The third-order valence-corrected chi connectivity index (χ3v) is 1.87. The van der Waals surface area contributed by atoms with Gasteiger partial charge in [-0.3, -0.25) is 14.9 Å². The number of carbonyl (C=O) groups is 1. The van der Waals surface area contributed by atoms with E-state index < -0.39 is 10.8 Å². The van der Waals surface area contributed by atoms with E-state index in [4.69, 9.17) is 4.74 Å². The van der Waals surface area contributed by atoms with E-state index in [1.807, 2.05) is 0 Å². The number of benzene rings is 1. The number of ether oxygens (including phenoxy) is 1. The molecule has 0 spiro atoms. The average Bonchev–Trinajstić information content (AvgIpc) is 2.26. The summed E-state index contributed by atoms with van der Waals surface area (Å²) in [6.45, 7) is 0. The van der Waals surface area contributed by atoms with Crippen LogP contribution in [0, 0.1) is 10.1 Å². The van der Waals surface area contributed by atoms with Crippen molar-refractivity contribution in [1.29, 1.82) is 0 Å². The van der Waals surface area contributed by atoms with E-state index in [0.717, 1.165) is 0 Å². The minimum absolute atomic E-state index is 0.0625. The molecule has 0 aliphatic rings. The van der Waals surface area contributed by atoms with Crippen molar-refractivity contribution in [1.82, 2.24) is 5.32 Å². The molecule has 1 N–H and O–H groups in total. The van der Waals surface area contributed by atoms with Crippen LogP contribution in [0.25, 0.3) is 0 Å². The Morgan fingerprint density at radius 2 is 2.20 bits per heavy atom. The minimum atomic E-state index is -0.618. The molecule has 15 heavy (non-hydrogen) atoms. The molecule has 0 aromatic heterocycles. The Morgan fingerprint density at radius 1 is 1.53 bits per heavy atom. The zero-order valence-corrected chi connectivity index (χ0v) is 8.31. The molecule has 0 bridgehead atoms. The van der Waals surface area contributed by atoms with Crippen LogP contribution in [-0.2, 0) is 0 Å². The third kappa shape index (κ3) is 2.04. The summed E-state index contributed by atoms with van der Waals surface area (Å²) in [5.41, 5.74) is -0.332. The molecular formula is C9H10N2O4. The normalized spacial score (nSPS) is 9.47. The van der Waals surface area contributed by atoms with E-state index in [1.54, 1.807) is 0 Å². The minimum Gasteiger partial charge on any atom is -0.496 e. The number of amides is 1. The number of hydrogen-bond donors (Lipinski definition) is 1. The molecule has 0 saturated carbocycles. The van der Waals surface area contributed by atoms with Crippen LogP contribution in [-0.4, -0.2) is 25.0 Å². The van der Waals surface area contributed by atoms with Crippen molar-refractivity contribution in [2.24, 2.45) is 0 Å². The maximum atomic E-state index is 11.4. The lowest BCUT2D eigenvalue weighted by atomic mass is 10.1. The molecule has 0 fully saturated rings. The number of nitro benzene ring substituents is 1. The molecule has 0 saturated heterocycles. The molecule has 1 amide bonds. The standard InChI is InChI=1S/C9H10N2O4/c1-10-9(12)8-6(11(13)14)4-3-5-7(8)15-2/h3-5H,1-2H3,(H,10,12). The summed E-state index contributed by atoms with van der Waals surface area (Å²) in [5.74, 6) is -0.359. The maximum Gasteiger partial charge on any atom is 0.285 e. The Kier molecular flexibility index (Phi) is 3.22. The first-order chi connectivity index (χ1) is 7.11. The number of nitrogens with zero attached hydrogens (tertiary/aromatic N) is 1. The lowest BCUT2D eigenvalue weighted by Crippen LogP contribution is -2.20. The Balaban J connectivity index is 3.40. The first-order valence-electron chi connectivity index (χ1n) is 4.15. The second kappa shape index (κ2) is 4.41. The fourth-order valence-corrected chi connectivity index (χ4v) is 1.20. The molecule has 1 rings (SSSR count). The second-order valence-corrected chi connectivity index (χ2v) is 2.69. The number of methoxy groups -OCH3 is 1. The molecule has 0 heterocycles. The van der Waals surface area contributed by atoms with Crippen molar-refractivity contribution in [3.05, 3.63) is 33.9 Å². The molecule has 6 heteroatoms. The lowest BCUT2D eigenvalue weighted by molar-refractivity contribution is -0.385. The van der Waals surface area contributed by atoms with Gasteiger partial charge in [0.25, 0.3) is 11.6 Å². The molecular weight excluding hydrogens is 200 g/mol. The van der Waals surface area contributed by atoms with Crippen LogP contribution >= 0.6 is 0 Å². The van der Waals surface area contributed by atoms with Crippen LogP contribution in [0.3, 0.4) is 0 Å². The lowest BCUT2D eigenvalue weighted by Gasteiger charge is -2.06. The first kappa shape index (κ1) is 11.0. The summed E-state index contributed by atoms with van der Waals surface area (Å²) in [7, 11) is 2.75. The first-order valence-corrected chi connectivity index (χ1v) is 4.15. The van der Waals surface area contributed by atoms with Gasteiger partial charge < -0.3 is 10.1 Å². The van der Waals surface area contributed by atoms with Gasteiger partial charge in [-0.2, -0.15) is 0 Å². The van der Waals surface area contributed by atoms with Crippen molar-refractivity contribution >= 4 is 11.6 Å². The molecule has 0 aliphatic carbocycles. The third-order valence-electron chi connectivity index (χ3n) is 1.87. The van der Waals surface area contributed by atoms with Gasteiger partial charge in [-0.05, 0) is 6.07 Å². The number of nitrogens with one attached hydrogen (secondary N) is 1. The van der Waals surface area contributed by atoms with E-state index in [0.29, 0.717) is 0 Å². The van der Waals surface area contributed by atoms with Gasteiger partial charge >= 0.3 is 0 Å². The highest BCUT2D eigenvalue weighted by atomic mass is 16.6. The summed E-state index contributed by atoms with van der Waals surface area (Å²) in [4.78, 5) is 21.5. The number of rotatable bonds is 3. The van der Waals surface area contributed by atoms with Crippen LogP contribution in [0.15, 0.2) is 18.2 Å². The molecule has 6 nitrogen and oxygen atoms in total. The van der Waals surface area contributed by atoms with E-state index in [2.05, 4.69) is 5.32 Å². The molecule has 0 radical (unpaired) electrons. The smallest absolute Gasteiger partial charge is 0.285 e. The van der Waals surface area contributed by atoms with Crippen LogP contribution in [0.1, 0.15) is 10.4 Å². The summed E-state index contributed by atoms with van der Waals surface area (Å²) < 4.78 is 4.89. The average molecular weight is 210 g/mol. The number of nitro groups is 1. The van der Waals surface area contributed by atoms with E-state index in [9.17, 15) is 14.9 Å². The predicted octanol–water partition coefficient (Wildman–Crippen LogP) is 0.963. The fourth-order valence-electron chi connectivity index (χ4n) is 1.20. The van der Waals surface area contributed by atoms with Gasteiger partial charge in [0.15, 0.2) is 5.56 Å². The fraction of sp³-hybridized carbons (Fsp3) is 0.222. The van der Waals surface area contributed by atoms with E-state index in [1.165, 1.54) is 32.4 Å². The highest BCUT2D eigenvalue weighted by Crippen LogP contribution is 2.27. The zero-order valence-electron chi connectivity index (χ0n) is 8.31. The maximum absolute atomic E-state index is 11.4. The van der Waals surface area contributed by atoms with E-state index >= 15 is 0 Å². The van der Waals surface area contributed by atoms with Crippen molar-refractivity contribution in [3.63, 3.8) is 0 Å². The van der Waals surface area contributed by atoms with Crippen molar-refractivity contribution < 1.29 is 14.5 Å². The summed E-state index contributed by atoms with van der Waals surface area (Å²) in [5, 5.41) is 13.0. The highest BCUT2D eigenvalue weighted by Gasteiger charge is 2.23. The zero-order chi connectivity index (χ0) is 11.4. The Morgan fingerprint density at radius 3 is 2.67 bits per heavy atom. The van der Waals surface area contributed by atoms with Crippen LogP contribution in [0.2, 0.25) is 0 Å². The van der Waals surface area contributed by atoms with Crippen molar-refractivity contribution in [2.75, 3.05) is 14.2 Å². The Labute approximate surface area is 86.0 Å². The van der Waals surface area contributed by atoms with Gasteiger partial charge in [-0.25, -0.2) is 0 Å². The Bertz CT molecular complexity index is 403. The summed E-state index contributed by atoms with van der Waals surface area (Å²) in [6.07, 6.45) is 0. The van der Waals surface area contributed by atoms with Crippen molar-refractivity contribution in [3.8, 4) is 5.75 Å². The molecule has 0 unspecified atom stereocenters. The topological polar surface area (TPSA) is 81.5 Å². The molecule has 0 aliphatic heterocycles. The van der Waals surface area contributed by atoms with Gasteiger partial charge in [0, 0.05) is 13.1 Å². The van der Waals surface area contributed by atoms with Gasteiger partial charge in [0.1, 0.15) is 5.75 Å². The molecule has 1 aromatic rings. The van der Waals surface area contributed by atoms with Crippen LogP contribution < -0.4 is 10.1 Å². The molecule has 80 valence electrons. The summed E-state index contributed by atoms with van der Waals surface area (Å²) in [6, 6.07) is 4.22. The predicted molar refractivity (Wildman–Crippen MR) is 53.0 cm³/mol.